The molecule has 2 heterocycles. The molecule has 0 saturated heterocycles. The first-order valence-corrected chi connectivity index (χ1v) is 20.2. The van der Waals surface area contributed by atoms with Crippen LogP contribution < -0.4 is 9.80 Å². The van der Waals surface area contributed by atoms with Crippen molar-refractivity contribution in [1.29, 1.82) is 0 Å². The van der Waals surface area contributed by atoms with Crippen LogP contribution >= 0.6 is 22.7 Å². The standard InChI is InChI=1S/C50H34N4S2/c1-3-11-39(12-4-1)53(43-31-23-37(24-32-43)49-51-45-15-7-9-17-47(45)55-49)41-27-19-35(20-28-41)36-21-29-42(30-22-36)54(40-13-5-2-6-14-40)44-33-25-38(26-34-44)50-52-46-16-8-10-18-48(46)56-50/h1-34H. The molecule has 266 valence electrons. The van der Waals surface area contributed by atoms with Crippen LogP contribution in [0.4, 0.5) is 34.1 Å². The largest absolute Gasteiger partial charge is 0.311 e. The number of hydrogen-bond donors (Lipinski definition) is 0. The van der Waals surface area contributed by atoms with Crippen molar-refractivity contribution in [2.45, 2.75) is 0 Å². The molecular weight excluding hydrogens is 721 g/mol. The lowest BCUT2D eigenvalue weighted by Crippen LogP contribution is -2.10. The van der Waals surface area contributed by atoms with Crippen LogP contribution in [0, 0.1) is 0 Å². The Bertz CT molecular complexity index is 2620. The Kier molecular flexibility index (Phi) is 8.88. The fraction of sp³-hybridized carbons (Fsp3) is 0. The lowest BCUT2D eigenvalue weighted by molar-refractivity contribution is 1.28. The highest BCUT2D eigenvalue weighted by atomic mass is 32.1. The molecule has 0 spiro atoms. The minimum Gasteiger partial charge on any atom is -0.311 e. The second-order valence-corrected chi connectivity index (χ2v) is 15.6. The molecule has 0 amide bonds. The van der Waals surface area contributed by atoms with Crippen LogP contribution in [0.1, 0.15) is 0 Å². The molecule has 0 unspecified atom stereocenters. The van der Waals surface area contributed by atoms with Gasteiger partial charge in [-0.05, 0) is 132 Å². The molecule has 56 heavy (non-hydrogen) atoms. The zero-order valence-electron chi connectivity index (χ0n) is 30.2. The summed E-state index contributed by atoms with van der Waals surface area (Å²) in [5.74, 6) is 0. The van der Waals surface area contributed by atoms with E-state index in [1.165, 1.54) is 9.40 Å². The first-order valence-electron chi connectivity index (χ1n) is 18.6. The van der Waals surface area contributed by atoms with Gasteiger partial charge in [-0.1, -0.05) is 84.9 Å². The summed E-state index contributed by atoms with van der Waals surface area (Å²) in [7, 11) is 0. The van der Waals surface area contributed by atoms with Gasteiger partial charge in [-0.25, -0.2) is 9.97 Å². The molecule has 10 rings (SSSR count). The molecule has 2 aromatic heterocycles. The number of para-hydroxylation sites is 4. The van der Waals surface area contributed by atoms with E-state index in [0.717, 1.165) is 77.4 Å². The molecule has 0 aliphatic rings. The van der Waals surface area contributed by atoms with Crippen LogP contribution in [0.3, 0.4) is 0 Å². The Labute approximate surface area is 333 Å². The van der Waals surface area contributed by atoms with Gasteiger partial charge in [-0.15, -0.1) is 22.7 Å². The number of thiazole rings is 2. The first-order chi connectivity index (χ1) is 27.7. The normalized spacial score (nSPS) is 11.2. The molecule has 0 fully saturated rings. The molecule has 0 atom stereocenters. The molecule has 0 aliphatic heterocycles. The highest BCUT2D eigenvalue weighted by Crippen LogP contribution is 2.40. The second kappa shape index (κ2) is 14.8. The van der Waals surface area contributed by atoms with Crippen molar-refractivity contribution in [3.8, 4) is 32.3 Å². The van der Waals surface area contributed by atoms with Crippen molar-refractivity contribution in [1.82, 2.24) is 9.97 Å². The maximum Gasteiger partial charge on any atom is 0.124 e. The fourth-order valence-electron chi connectivity index (χ4n) is 7.15. The van der Waals surface area contributed by atoms with Crippen LogP contribution in [0.25, 0.3) is 52.7 Å². The molecule has 4 nitrogen and oxygen atoms in total. The van der Waals surface area contributed by atoms with Gasteiger partial charge in [0, 0.05) is 45.3 Å². The van der Waals surface area contributed by atoms with Crippen LogP contribution in [0.2, 0.25) is 0 Å². The van der Waals surface area contributed by atoms with Gasteiger partial charge in [0.25, 0.3) is 0 Å². The van der Waals surface area contributed by atoms with Gasteiger partial charge in [-0.3, -0.25) is 0 Å². The summed E-state index contributed by atoms with van der Waals surface area (Å²) in [4.78, 5) is 14.4. The smallest absolute Gasteiger partial charge is 0.124 e. The van der Waals surface area contributed by atoms with Crippen LogP contribution in [0.15, 0.2) is 206 Å². The lowest BCUT2D eigenvalue weighted by atomic mass is 10.0. The van der Waals surface area contributed by atoms with E-state index in [4.69, 9.17) is 9.97 Å². The van der Waals surface area contributed by atoms with Gasteiger partial charge in [0.05, 0.1) is 20.4 Å². The van der Waals surface area contributed by atoms with Gasteiger partial charge < -0.3 is 9.80 Å². The van der Waals surface area contributed by atoms with Crippen molar-refractivity contribution in [3.63, 3.8) is 0 Å². The summed E-state index contributed by atoms with van der Waals surface area (Å²) in [6.45, 7) is 0. The van der Waals surface area contributed by atoms with Crippen molar-refractivity contribution in [2.24, 2.45) is 0 Å². The molecule has 0 bridgehead atoms. The summed E-state index contributed by atoms with van der Waals surface area (Å²) in [6, 6.07) is 72.8. The fourth-order valence-corrected chi connectivity index (χ4v) is 9.09. The van der Waals surface area contributed by atoms with E-state index in [2.05, 4.69) is 204 Å². The minimum absolute atomic E-state index is 1.03. The number of aromatic nitrogens is 2. The molecule has 10 aromatic rings. The Morgan fingerprint density at radius 3 is 0.893 bits per heavy atom. The number of benzene rings is 8. The average Bonchev–Trinajstić information content (AvgIpc) is 3.91. The molecule has 0 radical (unpaired) electrons. The van der Waals surface area contributed by atoms with E-state index >= 15 is 0 Å². The summed E-state index contributed by atoms with van der Waals surface area (Å²) in [5.41, 5.74) is 13.2. The predicted molar refractivity (Wildman–Crippen MR) is 238 cm³/mol. The van der Waals surface area contributed by atoms with Crippen LogP contribution in [0.5, 0.6) is 0 Å². The Morgan fingerprint density at radius 1 is 0.268 bits per heavy atom. The van der Waals surface area contributed by atoms with Crippen molar-refractivity contribution < 1.29 is 0 Å². The highest BCUT2D eigenvalue weighted by molar-refractivity contribution is 7.22. The van der Waals surface area contributed by atoms with E-state index in [1.54, 1.807) is 22.7 Å². The van der Waals surface area contributed by atoms with Gasteiger partial charge >= 0.3 is 0 Å². The average molecular weight is 755 g/mol. The monoisotopic (exact) mass is 754 g/mol. The number of hydrogen-bond acceptors (Lipinski definition) is 6. The topological polar surface area (TPSA) is 32.3 Å². The van der Waals surface area contributed by atoms with E-state index < -0.39 is 0 Å². The number of anilines is 6. The number of nitrogens with zero attached hydrogens (tertiary/aromatic N) is 4. The molecular formula is C50H34N4S2. The Balaban J connectivity index is 0.925. The van der Waals surface area contributed by atoms with Gasteiger partial charge in [-0.2, -0.15) is 0 Å². The van der Waals surface area contributed by atoms with E-state index in [9.17, 15) is 0 Å². The third-order valence-electron chi connectivity index (χ3n) is 9.95. The zero-order chi connectivity index (χ0) is 37.3. The van der Waals surface area contributed by atoms with Crippen molar-refractivity contribution >= 4 is 77.2 Å². The molecule has 6 heteroatoms. The van der Waals surface area contributed by atoms with Crippen LogP contribution in [-0.4, -0.2) is 9.97 Å². The summed E-state index contributed by atoms with van der Waals surface area (Å²) in [5, 5.41) is 2.06. The van der Waals surface area contributed by atoms with Crippen molar-refractivity contribution in [2.75, 3.05) is 9.80 Å². The first kappa shape index (κ1) is 33.7. The third-order valence-corrected chi connectivity index (χ3v) is 12.1. The Morgan fingerprint density at radius 2 is 0.554 bits per heavy atom. The van der Waals surface area contributed by atoms with Gasteiger partial charge in [0.2, 0.25) is 0 Å². The van der Waals surface area contributed by atoms with E-state index in [-0.39, 0.29) is 0 Å². The predicted octanol–water partition coefficient (Wildman–Crippen LogP) is 14.8. The molecule has 0 saturated carbocycles. The summed E-state index contributed by atoms with van der Waals surface area (Å²) < 4.78 is 2.40. The van der Waals surface area contributed by atoms with E-state index in [1.807, 2.05) is 12.1 Å². The molecule has 0 N–H and O–H groups in total. The Hall–Kier alpha value is -6.86. The zero-order valence-corrected chi connectivity index (χ0v) is 31.9. The maximum atomic E-state index is 4.88. The van der Waals surface area contributed by atoms with Gasteiger partial charge in [0.1, 0.15) is 10.0 Å². The SMILES string of the molecule is c1ccc(N(c2ccc(-c3ccc(N(c4ccccc4)c4ccc(-c5nc6ccccc6s5)cc4)cc3)cc2)c2ccc(-c3nc4ccccc4s3)cc2)cc1. The van der Waals surface area contributed by atoms with E-state index in [0.29, 0.717) is 0 Å². The number of fused-ring (bicyclic) bond motifs is 2. The third kappa shape index (κ3) is 6.62. The molecule has 8 aromatic carbocycles. The maximum absolute atomic E-state index is 4.88. The quantitative estimate of drug-likeness (QED) is 0.147. The summed E-state index contributed by atoms with van der Waals surface area (Å²) >= 11 is 3.46. The van der Waals surface area contributed by atoms with Crippen molar-refractivity contribution in [3.05, 3.63) is 206 Å². The second-order valence-electron chi connectivity index (χ2n) is 13.5. The highest BCUT2D eigenvalue weighted by Gasteiger charge is 2.16. The van der Waals surface area contributed by atoms with Gasteiger partial charge in [0.15, 0.2) is 0 Å². The number of rotatable bonds is 9. The lowest BCUT2D eigenvalue weighted by Gasteiger charge is -2.26. The summed E-state index contributed by atoms with van der Waals surface area (Å²) in [6.07, 6.45) is 0. The molecule has 0 aliphatic carbocycles. The van der Waals surface area contributed by atoms with Crippen LogP contribution in [-0.2, 0) is 0 Å². The minimum atomic E-state index is 1.03.